The second kappa shape index (κ2) is 3.91. The average Bonchev–Trinajstić information content (AvgIpc) is 2.89. The molecule has 0 fully saturated rings. The van der Waals surface area contributed by atoms with Crippen molar-refractivity contribution in [3.05, 3.63) is 52.0 Å². The first-order valence-corrected chi connectivity index (χ1v) is 6.34. The molecule has 0 bridgehead atoms. The van der Waals surface area contributed by atoms with Crippen molar-refractivity contribution in [3.63, 3.8) is 0 Å². The van der Waals surface area contributed by atoms with E-state index in [4.69, 9.17) is 0 Å². The predicted molar refractivity (Wildman–Crippen MR) is 65.4 cm³/mol. The number of benzene rings is 1. The molecule has 3 heteroatoms. The van der Waals surface area contributed by atoms with E-state index in [1.807, 2.05) is 6.07 Å². The molecule has 0 radical (unpaired) electrons. The molecule has 1 aliphatic carbocycles. The van der Waals surface area contributed by atoms with E-state index in [0.717, 1.165) is 24.1 Å². The van der Waals surface area contributed by atoms with Gasteiger partial charge in [0.25, 0.3) is 0 Å². The van der Waals surface area contributed by atoms with Gasteiger partial charge in [0.1, 0.15) is 5.82 Å². The molecule has 3 rings (SSSR count). The topological polar surface area (TPSA) is 12.0 Å². The number of anilines is 1. The van der Waals surface area contributed by atoms with Crippen LogP contribution in [0.3, 0.4) is 0 Å². The van der Waals surface area contributed by atoms with Crippen molar-refractivity contribution in [1.82, 2.24) is 0 Å². The molecule has 0 aliphatic heterocycles. The Labute approximate surface area is 97.9 Å². The summed E-state index contributed by atoms with van der Waals surface area (Å²) in [5.41, 5.74) is 3.55. The van der Waals surface area contributed by atoms with Gasteiger partial charge in [0.05, 0.1) is 6.04 Å². The van der Waals surface area contributed by atoms with Gasteiger partial charge in [-0.2, -0.15) is 11.3 Å². The molecule has 1 aliphatic rings. The molecule has 1 aromatic heterocycles. The lowest BCUT2D eigenvalue weighted by Crippen LogP contribution is -2.06. The molecule has 0 spiro atoms. The van der Waals surface area contributed by atoms with Crippen LogP contribution in [0, 0.1) is 5.82 Å². The van der Waals surface area contributed by atoms with Gasteiger partial charge in [0.2, 0.25) is 0 Å². The van der Waals surface area contributed by atoms with Gasteiger partial charge in [0, 0.05) is 11.1 Å². The number of thiophene rings is 1. The van der Waals surface area contributed by atoms with Crippen LogP contribution in [0.15, 0.2) is 35.0 Å². The number of rotatable bonds is 2. The zero-order valence-electron chi connectivity index (χ0n) is 8.74. The minimum Gasteiger partial charge on any atom is -0.378 e. The van der Waals surface area contributed by atoms with Gasteiger partial charge in [-0.15, -0.1) is 0 Å². The summed E-state index contributed by atoms with van der Waals surface area (Å²) in [6, 6.07) is 7.52. The third-order valence-corrected chi connectivity index (χ3v) is 3.73. The maximum absolute atomic E-state index is 13.0. The molecule has 1 nitrogen and oxygen atoms in total. The number of aryl methyl sites for hydroxylation is 1. The van der Waals surface area contributed by atoms with Crippen molar-refractivity contribution < 1.29 is 4.39 Å². The first-order valence-electron chi connectivity index (χ1n) is 5.40. The van der Waals surface area contributed by atoms with Gasteiger partial charge < -0.3 is 5.32 Å². The van der Waals surface area contributed by atoms with Crippen molar-refractivity contribution in [1.29, 1.82) is 0 Å². The van der Waals surface area contributed by atoms with Gasteiger partial charge in [-0.1, -0.05) is 6.07 Å². The van der Waals surface area contributed by atoms with Crippen LogP contribution in [0.2, 0.25) is 0 Å². The Hall–Kier alpha value is -1.35. The SMILES string of the molecule is Fc1ccc2c(c1)CCC2Nc1ccsc1. The number of hydrogen-bond donors (Lipinski definition) is 1. The Morgan fingerprint density at radius 2 is 2.25 bits per heavy atom. The first-order chi connectivity index (χ1) is 7.83. The van der Waals surface area contributed by atoms with Crippen LogP contribution in [0.1, 0.15) is 23.6 Å². The van der Waals surface area contributed by atoms with Crippen LogP contribution in [-0.2, 0) is 6.42 Å². The number of fused-ring (bicyclic) bond motifs is 1. The lowest BCUT2D eigenvalue weighted by Gasteiger charge is -2.13. The fraction of sp³-hybridized carbons (Fsp3) is 0.231. The summed E-state index contributed by atoms with van der Waals surface area (Å²) in [6.45, 7) is 0. The third-order valence-electron chi connectivity index (χ3n) is 3.04. The number of nitrogens with one attached hydrogen (secondary N) is 1. The van der Waals surface area contributed by atoms with Crippen LogP contribution in [0.4, 0.5) is 10.1 Å². The van der Waals surface area contributed by atoms with E-state index in [9.17, 15) is 4.39 Å². The molecular weight excluding hydrogens is 221 g/mol. The van der Waals surface area contributed by atoms with E-state index in [-0.39, 0.29) is 5.82 Å². The highest BCUT2D eigenvalue weighted by atomic mass is 32.1. The van der Waals surface area contributed by atoms with E-state index in [2.05, 4.69) is 22.1 Å². The van der Waals surface area contributed by atoms with Crippen LogP contribution < -0.4 is 5.32 Å². The summed E-state index contributed by atoms with van der Waals surface area (Å²) in [5, 5.41) is 7.64. The van der Waals surface area contributed by atoms with Crippen LogP contribution >= 0.6 is 11.3 Å². The van der Waals surface area contributed by atoms with E-state index in [1.165, 1.54) is 5.56 Å². The van der Waals surface area contributed by atoms with Crippen molar-refractivity contribution in [2.45, 2.75) is 18.9 Å². The highest BCUT2D eigenvalue weighted by molar-refractivity contribution is 7.08. The monoisotopic (exact) mass is 233 g/mol. The molecule has 0 saturated heterocycles. The van der Waals surface area contributed by atoms with Crippen LogP contribution in [-0.4, -0.2) is 0 Å². The Balaban J connectivity index is 1.86. The quantitative estimate of drug-likeness (QED) is 0.827. The van der Waals surface area contributed by atoms with Crippen molar-refractivity contribution in [2.75, 3.05) is 5.32 Å². The van der Waals surface area contributed by atoms with E-state index in [0.29, 0.717) is 6.04 Å². The standard InChI is InChI=1S/C13H12FNS/c14-10-2-3-12-9(7-10)1-4-13(12)15-11-5-6-16-8-11/h2-3,5-8,13,15H,1,4H2. The van der Waals surface area contributed by atoms with Gasteiger partial charge in [-0.05, 0) is 47.5 Å². The summed E-state index contributed by atoms with van der Waals surface area (Å²) >= 11 is 1.68. The highest BCUT2D eigenvalue weighted by Crippen LogP contribution is 2.34. The minimum atomic E-state index is -0.130. The molecule has 1 aromatic carbocycles. The van der Waals surface area contributed by atoms with Gasteiger partial charge in [-0.3, -0.25) is 0 Å². The smallest absolute Gasteiger partial charge is 0.123 e. The Bertz CT molecular complexity index is 493. The Morgan fingerprint density at radius 3 is 3.06 bits per heavy atom. The second-order valence-corrected chi connectivity index (χ2v) is 4.87. The summed E-state index contributed by atoms with van der Waals surface area (Å²) < 4.78 is 13.0. The zero-order valence-corrected chi connectivity index (χ0v) is 9.56. The van der Waals surface area contributed by atoms with Crippen molar-refractivity contribution in [3.8, 4) is 0 Å². The molecule has 82 valence electrons. The molecule has 1 heterocycles. The Kier molecular flexibility index (Phi) is 2.40. The number of hydrogen-bond acceptors (Lipinski definition) is 2. The molecule has 16 heavy (non-hydrogen) atoms. The van der Waals surface area contributed by atoms with E-state index < -0.39 is 0 Å². The lowest BCUT2D eigenvalue weighted by atomic mass is 10.1. The molecule has 2 aromatic rings. The van der Waals surface area contributed by atoms with Crippen LogP contribution in [0.25, 0.3) is 0 Å². The maximum atomic E-state index is 13.0. The molecule has 0 saturated carbocycles. The summed E-state index contributed by atoms with van der Waals surface area (Å²) in [7, 11) is 0. The normalized spacial score (nSPS) is 18.4. The fourth-order valence-electron chi connectivity index (χ4n) is 2.28. The fourth-order valence-corrected chi connectivity index (χ4v) is 2.88. The van der Waals surface area contributed by atoms with Gasteiger partial charge >= 0.3 is 0 Å². The van der Waals surface area contributed by atoms with Crippen molar-refractivity contribution >= 4 is 17.0 Å². The summed E-state index contributed by atoms with van der Waals surface area (Å²) in [6.07, 6.45) is 2.02. The summed E-state index contributed by atoms with van der Waals surface area (Å²) in [5.74, 6) is -0.130. The maximum Gasteiger partial charge on any atom is 0.123 e. The summed E-state index contributed by atoms with van der Waals surface area (Å²) in [4.78, 5) is 0. The molecule has 0 amide bonds. The molecule has 1 unspecified atom stereocenters. The highest BCUT2D eigenvalue weighted by Gasteiger charge is 2.22. The minimum absolute atomic E-state index is 0.130. The Morgan fingerprint density at radius 1 is 1.31 bits per heavy atom. The number of halogens is 1. The van der Waals surface area contributed by atoms with Gasteiger partial charge in [0.15, 0.2) is 0 Å². The van der Waals surface area contributed by atoms with E-state index >= 15 is 0 Å². The lowest BCUT2D eigenvalue weighted by molar-refractivity contribution is 0.626. The molecule has 1 atom stereocenters. The third kappa shape index (κ3) is 1.71. The molecular formula is C13H12FNS. The predicted octanol–water partition coefficient (Wildman–Crippen LogP) is 3.99. The van der Waals surface area contributed by atoms with Crippen molar-refractivity contribution in [2.24, 2.45) is 0 Å². The zero-order chi connectivity index (χ0) is 11.0. The largest absolute Gasteiger partial charge is 0.378 e. The second-order valence-electron chi connectivity index (χ2n) is 4.09. The average molecular weight is 233 g/mol. The van der Waals surface area contributed by atoms with Crippen LogP contribution in [0.5, 0.6) is 0 Å². The van der Waals surface area contributed by atoms with E-state index in [1.54, 1.807) is 23.5 Å². The van der Waals surface area contributed by atoms with Gasteiger partial charge in [-0.25, -0.2) is 4.39 Å². The first kappa shape index (κ1) is 9.85. The molecule has 1 N–H and O–H groups in total.